The van der Waals surface area contributed by atoms with Crippen molar-refractivity contribution < 1.29 is 9.29 Å². The van der Waals surface area contributed by atoms with E-state index in [1.165, 1.54) is 12.7 Å². The highest BCUT2D eigenvalue weighted by Gasteiger charge is 2.32. The largest absolute Gasteiger partial charge is 0.612 e. The van der Waals surface area contributed by atoms with Gasteiger partial charge in [0.15, 0.2) is 22.2 Å². The van der Waals surface area contributed by atoms with Crippen LogP contribution in [0.15, 0.2) is 40.5 Å². The third-order valence-electron chi connectivity index (χ3n) is 7.14. The maximum absolute atomic E-state index is 13.6. The molecule has 2 aliphatic rings. The summed E-state index contributed by atoms with van der Waals surface area (Å²) < 4.78 is 18.9. The van der Waals surface area contributed by atoms with Gasteiger partial charge in [-0.1, -0.05) is 6.42 Å². The molecular weight excluding hydrogens is 504 g/mol. The van der Waals surface area contributed by atoms with Crippen LogP contribution in [-0.4, -0.2) is 52.4 Å². The number of nitrogens with zero attached hydrogens (tertiary/aromatic N) is 7. The van der Waals surface area contributed by atoms with E-state index in [-0.39, 0.29) is 11.4 Å². The van der Waals surface area contributed by atoms with E-state index in [1.54, 1.807) is 42.5 Å². The molecule has 2 fully saturated rings. The number of pyridine rings is 1. The molecule has 4 heterocycles. The van der Waals surface area contributed by atoms with E-state index in [0.29, 0.717) is 63.9 Å². The van der Waals surface area contributed by atoms with Gasteiger partial charge in [-0.05, 0) is 54.9 Å². The van der Waals surface area contributed by atoms with Gasteiger partial charge in [0.25, 0.3) is 5.56 Å². The van der Waals surface area contributed by atoms with Crippen LogP contribution in [0.25, 0.3) is 22.6 Å². The number of fused-ring (bicyclic) bond motifs is 1. The summed E-state index contributed by atoms with van der Waals surface area (Å²) in [6.45, 7) is 0.867. The normalized spacial score (nSPS) is 16.3. The molecule has 1 N–H and O–H groups in total. The summed E-state index contributed by atoms with van der Waals surface area (Å²) >= 11 is -1.10. The fraction of sp³-hybridized carbons (Fsp3) is 0.423. The number of methoxy groups -OCH3 is 1. The summed E-state index contributed by atoms with van der Waals surface area (Å²) in [5, 5.41) is 3.14. The average Bonchev–Trinajstić information content (AvgIpc) is 3.75. The SMILES string of the molecule is COc1ncnc(C2CC2)c1-c1ncc2nc(NCc3ccc([S+](C)[O-])cn3)c(=O)n(CC3CCC3)c2n1. The number of hydrogen-bond acceptors (Lipinski definition) is 10. The van der Waals surface area contributed by atoms with E-state index in [4.69, 9.17) is 9.72 Å². The Morgan fingerprint density at radius 2 is 1.95 bits per heavy atom. The molecule has 0 amide bonds. The predicted octanol–water partition coefficient (Wildman–Crippen LogP) is 3.07. The zero-order chi connectivity index (χ0) is 26.2. The zero-order valence-electron chi connectivity index (χ0n) is 21.3. The Hall–Kier alpha value is -3.64. The van der Waals surface area contributed by atoms with Crippen molar-refractivity contribution in [2.75, 3.05) is 18.7 Å². The van der Waals surface area contributed by atoms with E-state index >= 15 is 0 Å². The van der Waals surface area contributed by atoms with Crippen molar-refractivity contribution in [2.24, 2.45) is 5.92 Å². The van der Waals surface area contributed by atoms with Gasteiger partial charge in [0.05, 0.1) is 37.4 Å². The van der Waals surface area contributed by atoms with E-state index in [2.05, 4.69) is 30.2 Å². The molecule has 0 radical (unpaired) electrons. The lowest BCUT2D eigenvalue weighted by atomic mass is 9.85. The van der Waals surface area contributed by atoms with Gasteiger partial charge in [-0.15, -0.1) is 0 Å². The lowest BCUT2D eigenvalue weighted by molar-refractivity contribution is 0.276. The van der Waals surface area contributed by atoms with Gasteiger partial charge in [0, 0.05) is 12.5 Å². The molecule has 0 aromatic carbocycles. The summed E-state index contributed by atoms with van der Waals surface area (Å²) in [5.41, 5.74) is 3.02. The summed E-state index contributed by atoms with van der Waals surface area (Å²) in [4.78, 5) is 41.5. The highest BCUT2D eigenvalue weighted by atomic mass is 32.2. The number of nitrogens with one attached hydrogen (secondary N) is 1. The van der Waals surface area contributed by atoms with Crippen molar-refractivity contribution >= 4 is 28.2 Å². The minimum Gasteiger partial charge on any atom is -0.612 e. The third-order valence-corrected chi connectivity index (χ3v) is 8.05. The van der Waals surface area contributed by atoms with Crippen molar-refractivity contribution in [1.29, 1.82) is 0 Å². The van der Waals surface area contributed by atoms with Gasteiger partial charge in [-0.2, -0.15) is 0 Å². The van der Waals surface area contributed by atoms with Gasteiger partial charge in [0.1, 0.15) is 23.7 Å². The van der Waals surface area contributed by atoms with Crippen LogP contribution in [0.2, 0.25) is 0 Å². The summed E-state index contributed by atoms with van der Waals surface area (Å²) in [5.74, 6) is 1.83. The first-order valence-electron chi connectivity index (χ1n) is 12.7. The molecule has 0 spiro atoms. The monoisotopic (exact) mass is 532 g/mol. The zero-order valence-corrected chi connectivity index (χ0v) is 22.1. The highest BCUT2D eigenvalue weighted by molar-refractivity contribution is 7.90. The Morgan fingerprint density at radius 3 is 2.61 bits per heavy atom. The van der Waals surface area contributed by atoms with E-state index in [1.807, 2.05) is 0 Å². The Bertz CT molecular complexity index is 1530. The van der Waals surface area contributed by atoms with Crippen molar-refractivity contribution in [3.63, 3.8) is 0 Å². The summed E-state index contributed by atoms with van der Waals surface area (Å²) in [7, 11) is 1.57. The predicted molar refractivity (Wildman–Crippen MR) is 142 cm³/mol. The van der Waals surface area contributed by atoms with Crippen LogP contribution in [0.4, 0.5) is 5.82 Å². The minimum atomic E-state index is -1.10. The standard InChI is InChI=1S/C26H28N8O3S/c1-37-25-20(21(16-6-7-16)30-14-31-25)22-29-12-19-24(33-22)34(13-15-4-3-5-15)26(35)23(32-19)28-10-17-8-9-18(11-27-17)38(2)36/h8-9,11-12,14-16H,3-7,10,13H2,1-2H3,(H,28,32). The van der Waals surface area contributed by atoms with Crippen LogP contribution >= 0.6 is 0 Å². The second kappa shape index (κ2) is 10.3. The summed E-state index contributed by atoms with van der Waals surface area (Å²) in [6.07, 6.45) is 11.8. The Labute approximate surface area is 222 Å². The lowest BCUT2D eigenvalue weighted by Crippen LogP contribution is -2.30. The molecule has 38 heavy (non-hydrogen) atoms. The molecule has 12 heteroatoms. The van der Waals surface area contributed by atoms with Crippen LogP contribution in [0.5, 0.6) is 5.88 Å². The first-order chi connectivity index (χ1) is 18.5. The van der Waals surface area contributed by atoms with Gasteiger partial charge in [-0.25, -0.2) is 24.9 Å². The molecule has 1 unspecified atom stereocenters. The highest BCUT2D eigenvalue weighted by Crippen LogP contribution is 2.44. The molecule has 2 saturated carbocycles. The van der Waals surface area contributed by atoms with Gasteiger partial charge in [-0.3, -0.25) is 14.3 Å². The van der Waals surface area contributed by atoms with Crippen LogP contribution in [0, 0.1) is 5.92 Å². The fourth-order valence-corrected chi connectivity index (χ4v) is 5.11. The number of rotatable bonds is 9. The third kappa shape index (κ3) is 4.81. The maximum atomic E-state index is 13.6. The number of anilines is 1. The Balaban J connectivity index is 1.39. The average molecular weight is 533 g/mol. The van der Waals surface area contributed by atoms with Crippen LogP contribution in [0.1, 0.15) is 49.4 Å². The van der Waals surface area contributed by atoms with Crippen molar-refractivity contribution in [3.05, 3.63) is 52.6 Å². The fourth-order valence-electron chi connectivity index (χ4n) is 4.65. The second-order valence-corrected chi connectivity index (χ2v) is 11.2. The van der Waals surface area contributed by atoms with Crippen LogP contribution in [-0.2, 0) is 24.3 Å². The van der Waals surface area contributed by atoms with Crippen molar-refractivity contribution in [1.82, 2.24) is 34.5 Å². The molecular formula is C26H28N8O3S. The van der Waals surface area contributed by atoms with E-state index < -0.39 is 11.2 Å². The summed E-state index contributed by atoms with van der Waals surface area (Å²) in [6, 6.07) is 3.56. The molecule has 0 aliphatic heterocycles. The first kappa shape index (κ1) is 24.7. The Morgan fingerprint density at radius 1 is 1.11 bits per heavy atom. The molecule has 4 aromatic rings. The van der Waals surface area contributed by atoms with Gasteiger partial charge >= 0.3 is 0 Å². The molecule has 11 nitrogen and oxygen atoms in total. The van der Waals surface area contributed by atoms with E-state index in [0.717, 1.165) is 31.4 Å². The van der Waals surface area contributed by atoms with Crippen LogP contribution in [0.3, 0.4) is 0 Å². The Kier molecular flexibility index (Phi) is 6.66. The number of aromatic nitrogens is 7. The molecule has 6 rings (SSSR count). The molecule has 196 valence electrons. The molecule has 0 bridgehead atoms. The maximum Gasteiger partial charge on any atom is 0.294 e. The quantitative estimate of drug-likeness (QED) is 0.319. The molecule has 4 aromatic heterocycles. The topological polar surface area (TPSA) is 144 Å². The first-order valence-corrected chi connectivity index (χ1v) is 14.3. The van der Waals surface area contributed by atoms with Gasteiger partial charge < -0.3 is 14.6 Å². The van der Waals surface area contributed by atoms with Gasteiger partial charge in [0.2, 0.25) is 5.88 Å². The smallest absolute Gasteiger partial charge is 0.294 e. The number of hydrogen-bond donors (Lipinski definition) is 1. The number of ether oxygens (including phenoxy) is 1. The van der Waals surface area contributed by atoms with Crippen LogP contribution < -0.4 is 15.6 Å². The molecule has 0 saturated heterocycles. The van der Waals surface area contributed by atoms with Crippen molar-refractivity contribution in [2.45, 2.75) is 56.0 Å². The molecule has 2 aliphatic carbocycles. The van der Waals surface area contributed by atoms with E-state index in [9.17, 15) is 9.35 Å². The molecule has 1 atom stereocenters. The minimum absolute atomic E-state index is 0.220. The van der Waals surface area contributed by atoms with Crippen molar-refractivity contribution in [3.8, 4) is 17.3 Å². The second-order valence-electron chi connectivity index (χ2n) is 9.79. The lowest BCUT2D eigenvalue weighted by Gasteiger charge is -2.26.